The minimum absolute atomic E-state index is 0.0813. The Morgan fingerprint density at radius 3 is 2.45 bits per heavy atom. The predicted octanol–water partition coefficient (Wildman–Crippen LogP) is 3.55. The third kappa shape index (κ3) is 3.75. The molecule has 0 radical (unpaired) electrons. The molecule has 9 heteroatoms. The van der Waals surface area contributed by atoms with Crippen LogP contribution < -0.4 is 5.43 Å². The molecule has 0 atom stereocenters. The van der Waals surface area contributed by atoms with Crippen molar-refractivity contribution in [3.8, 4) is 0 Å². The summed E-state index contributed by atoms with van der Waals surface area (Å²) >= 11 is 2.14. The fourth-order valence-electron chi connectivity index (χ4n) is 1.63. The number of nitro groups is 2. The van der Waals surface area contributed by atoms with Crippen LogP contribution in [0.4, 0.5) is 17.1 Å². The zero-order valence-electron chi connectivity index (χ0n) is 11.0. The molecule has 0 aromatic heterocycles. The Labute approximate surface area is 138 Å². The van der Waals surface area contributed by atoms with Crippen LogP contribution in [-0.2, 0) is 0 Å². The first-order chi connectivity index (χ1) is 10.5. The highest BCUT2D eigenvalue weighted by Crippen LogP contribution is 2.28. The van der Waals surface area contributed by atoms with Crippen LogP contribution >= 0.6 is 22.6 Å². The summed E-state index contributed by atoms with van der Waals surface area (Å²) in [5, 5.41) is 25.6. The maximum absolute atomic E-state index is 11.0. The van der Waals surface area contributed by atoms with Gasteiger partial charge < -0.3 is 0 Å². The van der Waals surface area contributed by atoms with Gasteiger partial charge >= 0.3 is 5.69 Å². The van der Waals surface area contributed by atoms with E-state index in [9.17, 15) is 20.2 Å². The number of nitrogens with zero attached hydrogens (tertiary/aromatic N) is 3. The van der Waals surface area contributed by atoms with Crippen molar-refractivity contribution in [2.45, 2.75) is 0 Å². The molecule has 0 aliphatic heterocycles. The van der Waals surface area contributed by atoms with Gasteiger partial charge in [0.05, 0.1) is 22.1 Å². The van der Waals surface area contributed by atoms with Crippen LogP contribution in [0.1, 0.15) is 5.56 Å². The van der Waals surface area contributed by atoms with Gasteiger partial charge in [0.25, 0.3) is 5.69 Å². The molecule has 2 aromatic rings. The lowest BCUT2D eigenvalue weighted by Gasteiger charge is -2.02. The number of hydrogen-bond donors (Lipinski definition) is 1. The van der Waals surface area contributed by atoms with E-state index in [0.29, 0.717) is 0 Å². The SMILES string of the molecule is O=[N+]([O-])c1ccc(N/N=C/c2ccccc2I)c([N+](=O)[O-])c1. The zero-order chi connectivity index (χ0) is 16.1. The van der Waals surface area contributed by atoms with E-state index in [4.69, 9.17) is 0 Å². The minimum Gasteiger partial charge on any atom is -0.272 e. The van der Waals surface area contributed by atoms with Crippen molar-refractivity contribution in [1.82, 2.24) is 0 Å². The molecule has 2 rings (SSSR count). The molecule has 0 spiro atoms. The Bertz CT molecular complexity index is 763. The molecular formula is C13H9IN4O4. The summed E-state index contributed by atoms with van der Waals surface area (Å²) in [7, 11) is 0. The van der Waals surface area contributed by atoms with Crippen molar-refractivity contribution in [3.05, 3.63) is 71.8 Å². The maximum atomic E-state index is 11.0. The molecular weight excluding hydrogens is 403 g/mol. The van der Waals surface area contributed by atoms with Crippen molar-refractivity contribution in [3.63, 3.8) is 0 Å². The second-order valence-corrected chi connectivity index (χ2v) is 5.27. The largest absolute Gasteiger partial charge is 0.301 e. The van der Waals surface area contributed by atoms with E-state index in [1.165, 1.54) is 18.3 Å². The highest BCUT2D eigenvalue weighted by molar-refractivity contribution is 14.1. The molecule has 0 amide bonds. The van der Waals surface area contributed by atoms with E-state index >= 15 is 0 Å². The van der Waals surface area contributed by atoms with Gasteiger partial charge in [-0.2, -0.15) is 5.10 Å². The molecule has 0 heterocycles. The highest BCUT2D eigenvalue weighted by atomic mass is 127. The Kier molecular flexibility index (Phi) is 4.99. The Balaban J connectivity index is 2.24. The highest BCUT2D eigenvalue weighted by Gasteiger charge is 2.18. The van der Waals surface area contributed by atoms with E-state index in [2.05, 4.69) is 33.1 Å². The van der Waals surface area contributed by atoms with Crippen molar-refractivity contribution < 1.29 is 9.85 Å². The van der Waals surface area contributed by atoms with Gasteiger partial charge in [0.2, 0.25) is 0 Å². The molecule has 8 nitrogen and oxygen atoms in total. The smallest absolute Gasteiger partial charge is 0.272 e. The van der Waals surface area contributed by atoms with Gasteiger partial charge in [-0.25, -0.2) is 0 Å². The molecule has 2 aromatic carbocycles. The van der Waals surface area contributed by atoms with E-state index in [1.807, 2.05) is 24.3 Å². The summed E-state index contributed by atoms with van der Waals surface area (Å²) in [6, 6.07) is 10.8. The average molecular weight is 412 g/mol. The quantitative estimate of drug-likeness (QED) is 0.350. The first kappa shape index (κ1) is 15.8. The van der Waals surface area contributed by atoms with Gasteiger partial charge in [-0.05, 0) is 34.7 Å². The lowest BCUT2D eigenvalue weighted by molar-refractivity contribution is -0.393. The van der Waals surface area contributed by atoms with Gasteiger partial charge in [-0.3, -0.25) is 25.7 Å². The number of hydrazone groups is 1. The number of rotatable bonds is 5. The number of non-ortho nitro benzene ring substituents is 1. The number of hydrogen-bond acceptors (Lipinski definition) is 6. The summed E-state index contributed by atoms with van der Waals surface area (Å²) in [4.78, 5) is 20.2. The van der Waals surface area contributed by atoms with E-state index in [-0.39, 0.29) is 11.4 Å². The molecule has 0 saturated heterocycles. The van der Waals surface area contributed by atoms with Crippen LogP contribution in [-0.4, -0.2) is 16.1 Å². The van der Waals surface area contributed by atoms with E-state index in [1.54, 1.807) is 0 Å². The fraction of sp³-hybridized carbons (Fsp3) is 0. The van der Waals surface area contributed by atoms with Crippen LogP contribution in [0, 0.1) is 23.8 Å². The molecule has 0 aliphatic carbocycles. The number of halogens is 1. The van der Waals surface area contributed by atoms with Crippen LogP contribution in [0.2, 0.25) is 0 Å². The molecule has 0 aliphatic rings. The van der Waals surface area contributed by atoms with Gasteiger partial charge in [0, 0.05) is 15.2 Å². The summed E-state index contributed by atoms with van der Waals surface area (Å²) in [5.74, 6) is 0. The normalized spacial score (nSPS) is 10.6. The lowest BCUT2D eigenvalue weighted by Crippen LogP contribution is -1.99. The molecule has 1 N–H and O–H groups in total. The Morgan fingerprint density at radius 2 is 1.82 bits per heavy atom. The van der Waals surface area contributed by atoms with Gasteiger partial charge in [-0.15, -0.1) is 0 Å². The first-order valence-electron chi connectivity index (χ1n) is 5.95. The van der Waals surface area contributed by atoms with E-state index < -0.39 is 15.5 Å². The zero-order valence-corrected chi connectivity index (χ0v) is 13.1. The van der Waals surface area contributed by atoms with Gasteiger partial charge in [-0.1, -0.05) is 18.2 Å². The topological polar surface area (TPSA) is 111 Å². The second-order valence-electron chi connectivity index (χ2n) is 4.11. The second kappa shape index (κ2) is 6.93. The monoisotopic (exact) mass is 412 g/mol. The number of anilines is 1. The van der Waals surface area contributed by atoms with Crippen molar-refractivity contribution >= 4 is 45.9 Å². The Morgan fingerprint density at radius 1 is 1.09 bits per heavy atom. The number of nitro benzene ring substituents is 2. The molecule has 0 saturated carbocycles. The lowest BCUT2D eigenvalue weighted by atomic mass is 10.2. The molecule has 0 bridgehead atoms. The van der Waals surface area contributed by atoms with Gasteiger partial charge in [0.15, 0.2) is 0 Å². The molecule has 112 valence electrons. The van der Waals surface area contributed by atoms with E-state index in [0.717, 1.165) is 15.2 Å². The predicted molar refractivity (Wildman–Crippen MR) is 90.1 cm³/mol. The fourth-order valence-corrected chi connectivity index (χ4v) is 2.16. The van der Waals surface area contributed by atoms with Crippen molar-refractivity contribution in [1.29, 1.82) is 0 Å². The van der Waals surface area contributed by atoms with Crippen molar-refractivity contribution in [2.75, 3.05) is 5.43 Å². The average Bonchev–Trinajstić information content (AvgIpc) is 2.49. The van der Waals surface area contributed by atoms with Crippen LogP contribution in [0.15, 0.2) is 47.6 Å². The van der Waals surface area contributed by atoms with Crippen molar-refractivity contribution in [2.24, 2.45) is 5.10 Å². The number of benzene rings is 2. The van der Waals surface area contributed by atoms with Gasteiger partial charge in [0.1, 0.15) is 5.69 Å². The third-order valence-electron chi connectivity index (χ3n) is 2.68. The Hall–Kier alpha value is -2.56. The van der Waals surface area contributed by atoms with Crippen LogP contribution in [0.5, 0.6) is 0 Å². The molecule has 0 unspecified atom stereocenters. The summed E-state index contributed by atoms with van der Waals surface area (Å²) in [6.07, 6.45) is 1.52. The standard InChI is InChI=1S/C13H9IN4O4/c14-11-4-2-1-3-9(11)8-15-16-12-6-5-10(17(19)20)7-13(12)18(21)22/h1-8,16H/b15-8+. The minimum atomic E-state index is -0.697. The van der Waals surface area contributed by atoms with Crippen LogP contribution in [0.25, 0.3) is 0 Å². The first-order valence-corrected chi connectivity index (χ1v) is 7.03. The van der Waals surface area contributed by atoms with Crippen LogP contribution in [0.3, 0.4) is 0 Å². The maximum Gasteiger partial charge on any atom is 0.301 e. The summed E-state index contributed by atoms with van der Waals surface area (Å²) in [6.45, 7) is 0. The summed E-state index contributed by atoms with van der Waals surface area (Å²) in [5.41, 5.74) is 2.71. The summed E-state index contributed by atoms with van der Waals surface area (Å²) < 4.78 is 0.976. The molecule has 22 heavy (non-hydrogen) atoms. The third-order valence-corrected chi connectivity index (χ3v) is 3.67. The number of nitrogens with one attached hydrogen (secondary N) is 1. The molecule has 0 fully saturated rings.